The number of morpholine rings is 1. The summed E-state index contributed by atoms with van der Waals surface area (Å²) in [6.07, 6.45) is -0.141. The number of benzene rings is 1. The van der Waals surface area contributed by atoms with E-state index in [4.69, 9.17) is 10.5 Å². The van der Waals surface area contributed by atoms with Crippen molar-refractivity contribution in [2.45, 2.75) is 12.5 Å². The topological polar surface area (TPSA) is 75.9 Å². The van der Waals surface area contributed by atoms with Crippen molar-refractivity contribution in [2.75, 3.05) is 39.8 Å². The summed E-state index contributed by atoms with van der Waals surface area (Å²) >= 11 is 0. The number of carbonyl (C=O) groups excluding carboxylic acids is 2. The van der Waals surface area contributed by atoms with E-state index in [1.165, 1.54) is 17.0 Å². The number of hydrogen-bond acceptors (Lipinski definition) is 4. The highest BCUT2D eigenvalue weighted by molar-refractivity contribution is 5.85. The second-order valence-electron chi connectivity index (χ2n) is 5.80. The highest BCUT2D eigenvalue weighted by Crippen LogP contribution is 2.09. The van der Waals surface area contributed by atoms with Crippen molar-refractivity contribution in [1.82, 2.24) is 9.80 Å². The van der Waals surface area contributed by atoms with Gasteiger partial charge in [-0.2, -0.15) is 0 Å². The van der Waals surface area contributed by atoms with Gasteiger partial charge in [-0.05, 0) is 24.7 Å². The first-order valence-electron chi connectivity index (χ1n) is 7.54. The molecule has 1 aliphatic heterocycles. The number of ether oxygens (including phenoxy) is 1. The van der Waals surface area contributed by atoms with Gasteiger partial charge in [-0.3, -0.25) is 9.59 Å². The Balaban J connectivity index is 2.01. The second kappa shape index (κ2) is 8.03. The third-order valence-corrected chi connectivity index (χ3v) is 3.71. The quantitative estimate of drug-likeness (QED) is 0.800. The maximum atomic E-state index is 13.2. The van der Waals surface area contributed by atoms with E-state index in [2.05, 4.69) is 4.90 Å². The molecule has 1 aliphatic rings. The van der Waals surface area contributed by atoms with Crippen molar-refractivity contribution in [3.63, 3.8) is 0 Å². The molecule has 0 aromatic heterocycles. The highest BCUT2D eigenvalue weighted by Gasteiger charge is 2.24. The maximum Gasteiger partial charge on any atom is 0.237 e. The van der Waals surface area contributed by atoms with Crippen molar-refractivity contribution in [1.29, 1.82) is 0 Å². The fourth-order valence-corrected chi connectivity index (χ4v) is 2.60. The molecule has 0 radical (unpaired) electrons. The van der Waals surface area contributed by atoms with Crippen LogP contribution in [-0.2, 0) is 20.7 Å². The zero-order chi connectivity index (χ0) is 16.8. The standard InChI is InChI=1S/C16H22FN3O3/c1-19-5-6-23-14(9-19)10-20(11-15(18)21)16(22)8-12-3-2-4-13(17)7-12/h2-4,7,14H,5-6,8-11H2,1H3,(H2,18,21)/t14-/m0/s1. The first-order valence-corrected chi connectivity index (χ1v) is 7.54. The van der Waals surface area contributed by atoms with E-state index in [0.29, 0.717) is 25.3 Å². The first-order chi connectivity index (χ1) is 10.9. The molecule has 6 nitrogen and oxygen atoms in total. The number of rotatable bonds is 6. The zero-order valence-electron chi connectivity index (χ0n) is 13.2. The maximum absolute atomic E-state index is 13.2. The Bertz CT molecular complexity index is 567. The normalized spacial score (nSPS) is 18.6. The molecule has 1 heterocycles. The molecule has 1 fully saturated rings. The van der Waals surface area contributed by atoms with Crippen molar-refractivity contribution in [2.24, 2.45) is 5.73 Å². The minimum Gasteiger partial charge on any atom is -0.374 e. The number of nitrogens with two attached hydrogens (primary N) is 1. The lowest BCUT2D eigenvalue weighted by molar-refractivity contribution is -0.137. The van der Waals surface area contributed by atoms with Crippen LogP contribution in [0.3, 0.4) is 0 Å². The molecule has 2 rings (SSSR count). The van der Waals surface area contributed by atoms with Gasteiger partial charge >= 0.3 is 0 Å². The van der Waals surface area contributed by atoms with Crippen LogP contribution in [0.1, 0.15) is 5.56 Å². The number of primary amides is 1. The average molecular weight is 323 g/mol. The Morgan fingerprint density at radius 1 is 1.48 bits per heavy atom. The molecule has 2 N–H and O–H groups in total. The number of carbonyl (C=O) groups is 2. The Morgan fingerprint density at radius 2 is 2.26 bits per heavy atom. The molecule has 126 valence electrons. The smallest absolute Gasteiger partial charge is 0.237 e. The molecule has 0 aliphatic carbocycles. The fraction of sp³-hybridized carbons (Fsp3) is 0.500. The van der Waals surface area contributed by atoms with E-state index in [0.717, 1.165) is 6.54 Å². The highest BCUT2D eigenvalue weighted by atomic mass is 19.1. The third-order valence-electron chi connectivity index (χ3n) is 3.71. The summed E-state index contributed by atoms with van der Waals surface area (Å²) in [5.74, 6) is -1.25. The Morgan fingerprint density at radius 3 is 2.91 bits per heavy atom. The lowest BCUT2D eigenvalue weighted by Crippen LogP contribution is -2.49. The van der Waals surface area contributed by atoms with Gasteiger partial charge in [-0.15, -0.1) is 0 Å². The van der Waals surface area contributed by atoms with Crippen molar-refractivity contribution in [3.05, 3.63) is 35.6 Å². The summed E-state index contributed by atoms with van der Waals surface area (Å²) in [4.78, 5) is 27.2. The van der Waals surface area contributed by atoms with Crippen LogP contribution >= 0.6 is 0 Å². The Labute approximate surface area is 135 Å². The Kier molecular flexibility index (Phi) is 6.06. The molecule has 0 saturated carbocycles. The number of nitrogens with zero attached hydrogens (tertiary/aromatic N) is 2. The molecule has 1 aromatic carbocycles. The van der Waals surface area contributed by atoms with Crippen LogP contribution in [0.2, 0.25) is 0 Å². The van der Waals surface area contributed by atoms with Crippen LogP contribution in [0.4, 0.5) is 4.39 Å². The van der Waals surface area contributed by atoms with Crippen molar-refractivity contribution in [3.8, 4) is 0 Å². The predicted octanol–water partition coefficient (Wildman–Crippen LogP) is 0.0127. The van der Waals surface area contributed by atoms with Gasteiger partial charge in [0.2, 0.25) is 11.8 Å². The van der Waals surface area contributed by atoms with Gasteiger partial charge in [0.15, 0.2) is 0 Å². The van der Waals surface area contributed by atoms with Gasteiger partial charge in [-0.25, -0.2) is 4.39 Å². The molecule has 7 heteroatoms. The third kappa shape index (κ3) is 5.61. The lowest BCUT2D eigenvalue weighted by Gasteiger charge is -2.33. The van der Waals surface area contributed by atoms with Crippen LogP contribution < -0.4 is 5.73 Å². The van der Waals surface area contributed by atoms with Crippen LogP contribution in [0.25, 0.3) is 0 Å². The predicted molar refractivity (Wildman–Crippen MR) is 83.1 cm³/mol. The molecule has 2 amide bonds. The molecule has 0 spiro atoms. The molecule has 0 bridgehead atoms. The van der Waals surface area contributed by atoms with E-state index in [1.54, 1.807) is 12.1 Å². The summed E-state index contributed by atoms with van der Waals surface area (Å²) in [5, 5.41) is 0. The molecule has 1 aromatic rings. The average Bonchev–Trinajstić information content (AvgIpc) is 2.46. The second-order valence-corrected chi connectivity index (χ2v) is 5.80. The number of amides is 2. The summed E-state index contributed by atoms with van der Waals surface area (Å²) < 4.78 is 18.9. The van der Waals surface area contributed by atoms with Crippen molar-refractivity contribution >= 4 is 11.8 Å². The van der Waals surface area contributed by atoms with E-state index in [1.807, 2.05) is 7.05 Å². The lowest BCUT2D eigenvalue weighted by atomic mass is 10.1. The molecule has 0 unspecified atom stereocenters. The number of hydrogen-bond donors (Lipinski definition) is 1. The first kappa shape index (κ1) is 17.4. The summed E-state index contributed by atoms with van der Waals surface area (Å²) in [6, 6.07) is 5.86. The van der Waals surface area contributed by atoms with Crippen LogP contribution in [-0.4, -0.2) is 67.6 Å². The van der Waals surface area contributed by atoms with Gasteiger partial charge in [-0.1, -0.05) is 12.1 Å². The van der Waals surface area contributed by atoms with Gasteiger partial charge < -0.3 is 20.3 Å². The number of halogens is 1. The molecular weight excluding hydrogens is 301 g/mol. The molecule has 1 saturated heterocycles. The van der Waals surface area contributed by atoms with Crippen LogP contribution in [0.5, 0.6) is 0 Å². The Hall–Kier alpha value is -1.99. The van der Waals surface area contributed by atoms with E-state index >= 15 is 0 Å². The summed E-state index contributed by atoms with van der Waals surface area (Å²) in [6.45, 7) is 2.23. The number of likely N-dealkylation sites (N-methyl/N-ethyl adjacent to an activating group) is 1. The van der Waals surface area contributed by atoms with Crippen molar-refractivity contribution < 1.29 is 18.7 Å². The summed E-state index contributed by atoms with van der Waals surface area (Å²) in [5.41, 5.74) is 5.80. The molecule has 1 atom stereocenters. The van der Waals surface area contributed by atoms with Gasteiger partial charge in [0, 0.05) is 19.6 Å². The monoisotopic (exact) mass is 323 g/mol. The van der Waals surface area contributed by atoms with Gasteiger partial charge in [0.25, 0.3) is 0 Å². The fourth-order valence-electron chi connectivity index (χ4n) is 2.60. The largest absolute Gasteiger partial charge is 0.374 e. The van der Waals surface area contributed by atoms with Crippen LogP contribution in [0.15, 0.2) is 24.3 Å². The minimum atomic E-state index is -0.582. The van der Waals surface area contributed by atoms with E-state index < -0.39 is 11.7 Å². The van der Waals surface area contributed by atoms with E-state index in [9.17, 15) is 14.0 Å². The summed E-state index contributed by atoms with van der Waals surface area (Å²) in [7, 11) is 1.97. The van der Waals surface area contributed by atoms with E-state index in [-0.39, 0.29) is 25.0 Å². The minimum absolute atomic E-state index is 0.0214. The zero-order valence-corrected chi connectivity index (χ0v) is 13.2. The SMILES string of the molecule is CN1CCO[C@H](CN(CC(N)=O)C(=O)Cc2cccc(F)c2)C1. The van der Waals surface area contributed by atoms with Gasteiger partial charge in [0.1, 0.15) is 5.82 Å². The molecular formula is C16H22FN3O3. The molecule has 23 heavy (non-hydrogen) atoms. The van der Waals surface area contributed by atoms with Crippen LogP contribution in [0, 0.1) is 5.82 Å². The van der Waals surface area contributed by atoms with Gasteiger partial charge in [0.05, 0.1) is 25.7 Å².